The van der Waals surface area contributed by atoms with E-state index in [0.717, 1.165) is 12.2 Å². The molecule has 1 aromatic rings. The third kappa shape index (κ3) is 3.30. The highest BCUT2D eigenvalue weighted by Gasteiger charge is 2.25. The molecule has 1 aliphatic carbocycles. The van der Waals surface area contributed by atoms with Crippen molar-refractivity contribution in [2.45, 2.75) is 52.0 Å². The maximum absolute atomic E-state index is 5.54. The van der Waals surface area contributed by atoms with E-state index in [2.05, 4.69) is 36.9 Å². The van der Waals surface area contributed by atoms with E-state index in [4.69, 9.17) is 4.74 Å². The summed E-state index contributed by atoms with van der Waals surface area (Å²) >= 11 is 0. The standard InChI is InChI=1S/C17H27NO/c1-4-11-18(12-5-2)15-10-9-14-7-6-8-17(19-3)16(14)13-15/h6-8,15H,4-5,9-13H2,1-3H3/t15-/m0/s1. The van der Waals surface area contributed by atoms with Gasteiger partial charge in [0.2, 0.25) is 0 Å². The molecule has 0 unspecified atom stereocenters. The fourth-order valence-corrected chi connectivity index (χ4v) is 3.29. The summed E-state index contributed by atoms with van der Waals surface area (Å²) in [6.45, 7) is 7.01. The average Bonchev–Trinajstić information content (AvgIpc) is 2.46. The first-order valence-corrected chi connectivity index (χ1v) is 7.68. The van der Waals surface area contributed by atoms with E-state index in [0.29, 0.717) is 6.04 Å². The van der Waals surface area contributed by atoms with Crippen molar-refractivity contribution in [3.8, 4) is 5.75 Å². The summed E-state index contributed by atoms with van der Waals surface area (Å²) < 4.78 is 5.54. The number of rotatable bonds is 6. The van der Waals surface area contributed by atoms with E-state index >= 15 is 0 Å². The predicted octanol–water partition coefficient (Wildman–Crippen LogP) is 3.67. The summed E-state index contributed by atoms with van der Waals surface area (Å²) in [5.74, 6) is 1.08. The number of hydrogen-bond donors (Lipinski definition) is 0. The molecule has 106 valence electrons. The van der Waals surface area contributed by atoms with E-state index in [1.165, 1.54) is 49.9 Å². The maximum Gasteiger partial charge on any atom is 0.122 e. The molecule has 1 aromatic carbocycles. The number of aryl methyl sites for hydroxylation is 1. The van der Waals surface area contributed by atoms with Gasteiger partial charge >= 0.3 is 0 Å². The molecule has 0 radical (unpaired) electrons. The molecular formula is C17H27NO. The Bertz CT molecular complexity index is 382. The Morgan fingerprint density at radius 3 is 2.58 bits per heavy atom. The zero-order chi connectivity index (χ0) is 13.7. The molecule has 1 atom stereocenters. The van der Waals surface area contributed by atoms with Crippen molar-refractivity contribution in [1.82, 2.24) is 4.90 Å². The first-order chi connectivity index (χ1) is 9.30. The molecule has 0 aromatic heterocycles. The van der Waals surface area contributed by atoms with Crippen LogP contribution in [0.2, 0.25) is 0 Å². The highest BCUT2D eigenvalue weighted by Crippen LogP contribution is 2.31. The minimum absolute atomic E-state index is 0.698. The van der Waals surface area contributed by atoms with E-state index < -0.39 is 0 Å². The molecule has 0 saturated carbocycles. The van der Waals surface area contributed by atoms with Gasteiger partial charge in [0.05, 0.1) is 7.11 Å². The second-order valence-electron chi connectivity index (χ2n) is 5.53. The van der Waals surface area contributed by atoms with Crippen molar-refractivity contribution < 1.29 is 4.74 Å². The van der Waals surface area contributed by atoms with Gasteiger partial charge in [0.1, 0.15) is 5.75 Å². The number of benzene rings is 1. The molecule has 0 heterocycles. The molecule has 0 amide bonds. The van der Waals surface area contributed by atoms with Crippen LogP contribution in [0.3, 0.4) is 0 Å². The molecule has 19 heavy (non-hydrogen) atoms. The lowest BCUT2D eigenvalue weighted by Gasteiger charge is -2.35. The van der Waals surface area contributed by atoms with Crippen LogP contribution in [0.25, 0.3) is 0 Å². The van der Waals surface area contributed by atoms with Crippen molar-refractivity contribution in [3.05, 3.63) is 29.3 Å². The summed E-state index contributed by atoms with van der Waals surface area (Å²) in [5.41, 5.74) is 2.93. The highest BCUT2D eigenvalue weighted by molar-refractivity contribution is 5.42. The van der Waals surface area contributed by atoms with Crippen molar-refractivity contribution in [1.29, 1.82) is 0 Å². The van der Waals surface area contributed by atoms with Gasteiger partial charge in [-0.3, -0.25) is 0 Å². The molecule has 0 bridgehead atoms. The summed E-state index contributed by atoms with van der Waals surface area (Å²) in [6, 6.07) is 7.18. The molecule has 0 saturated heterocycles. The molecule has 0 fully saturated rings. The van der Waals surface area contributed by atoms with Gasteiger partial charge in [-0.2, -0.15) is 0 Å². The van der Waals surface area contributed by atoms with Crippen molar-refractivity contribution in [2.75, 3.05) is 20.2 Å². The normalized spacial score (nSPS) is 18.4. The predicted molar refractivity (Wildman–Crippen MR) is 81.0 cm³/mol. The van der Waals surface area contributed by atoms with Gasteiger partial charge in [-0.25, -0.2) is 0 Å². The lowest BCUT2D eigenvalue weighted by molar-refractivity contribution is 0.179. The monoisotopic (exact) mass is 261 g/mol. The van der Waals surface area contributed by atoms with Gasteiger partial charge < -0.3 is 9.64 Å². The van der Waals surface area contributed by atoms with Crippen molar-refractivity contribution in [3.63, 3.8) is 0 Å². The van der Waals surface area contributed by atoms with E-state index in [1.54, 1.807) is 7.11 Å². The highest BCUT2D eigenvalue weighted by atomic mass is 16.5. The molecule has 0 N–H and O–H groups in total. The van der Waals surface area contributed by atoms with E-state index in [-0.39, 0.29) is 0 Å². The van der Waals surface area contributed by atoms with Crippen LogP contribution in [-0.4, -0.2) is 31.1 Å². The summed E-state index contributed by atoms with van der Waals surface area (Å²) in [6.07, 6.45) is 6.13. The third-order valence-corrected chi connectivity index (χ3v) is 4.17. The second-order valence-corrected chi connectivity index (χ2v) is 5.53. The quantitative estimate of drug-likeness (QED) is 0.774. The summed E-state index contributed by atoms with van der Waals surface area (Å²) in [7, 11) is 1.79. The summed E-state index contributed by atoms with van der Waals surface area (Å²) in [4.78, 5) is 2.68. The van der Waals surface area contributed by atoms with Crippen LogP contribution in [0, 0.1) is 0 Å². The van der Waals surface area contributed by atoms with Crippen molar-refractivity contribution >= 4 is 0 Å². The average molecular weight is 261 g/mol. The largest absolute Gasteiger partial charge is 0.496 e. The SMILES string of the molecule is CCCN(CCC)[C@H]1CCc2cccc(OC)c2C1. The third-order valence-electron chi connectivity index (χ3n) is 4.17. The number of fused-ring (bicyclic) bond motifs is 1. The molecular weight excluding hydrogens is 234 g/mol. The van der Waals surface area contributed by atoms with Crippen LogP contribution >= 0.6 is 0 Å². The lowest BCUT2D eigenvalue weighted by Crippen LogP contribution is -2.40. The topological polar surface area (TPSA) is 12.5 Å². The molecule has 1 aliphatic rings. The van der Waals surface area contributed by atoms with Gasteiger partial charge in [-0.1, -0.05) is 26.0 Å². The first-order valence-electron chi connectivity index (χ1n) is 7.68. The molecule has 0 aliphatic heterocycles. The molecule has 0 spiro atoms. The Morgan fingerprint density at radius 2 is 1.95 bits per heavy atom. The Kier molecular flexibility index (Phi) is 5.26. The smallest absolute Gasteiger partial charge is 0.122 e. The number of nitrogens with zero attached hydrogens (tertiary/aromatic N) is 1. The zero-order valence-electron chi connectivity index (χ0n) is 12.6. The number of ether oxygens (including phenoxy) is 1. The molecule has 2 rings (SSSR count). The van der Waals surface area contributed by atoms with Crippen LogP contribution in [0.5, 0.6) is 5.75 Å². The van der Waals surface area contributed by atoms with Gasteiger partial charge in [0.15, 0.2) is 0 Å². The van der Waals surface area contributed by atoms with E-state index in [9.17, 15) is 0 Å². The van der Waals surface area contributed by atoms with Crippen LogP contribution < -0.4 is 4.74 Å². The Balaban J connectivity index is 2.15. The van der Waals surface area contributed by atoms with Crippen molar-refractivity contribution in [2.24, 2.45) is 0 Å². The van der Waals surface area contributed by atoms with E-state index in [1.807, 2.05) is 0 Å². The van der Waals surface area contributed by atoms with Gasteiger partial charge in [0, 0.05) is 6.04 Å². The second kappa shape index (κ2) is 6.95. The number of hydrogen-bond acceptors (Lipinski definition) is 2. The van der Waals surface area contributed by atoms with Crippen LogP contribution in [-0.2, 0) is 12.8 Å². The fraction of sp³-hybridized carbons (Fsp3) is 0.647. The lowest BCUT2D eigenvalue weighted by atomic mass is 9.86. The van der Waals surface area contributed by atoms with Gasteiger partial charge in [-0.05, 0) is 62.4 Å². The fourth-order valence-electron chi connectivity index (χ4n) is 3.29. The Morgan fingerprint density at radius 1 is 1.21 bits per heavy atom. The Labute approximate surface area is 117 Å². The van der Waals surface area contributed by atoms with Gasteiger partial charge in [-0.15, -0.1) is 0 Å². The van der Waals surface area contributed by atoms with Gasteiger partial charge in [0.25, 0.3) is 0 Å². The molecule has 2 nitrogen and oxygen atoms in total. The van der Waals surface area contributed by atoms with Crippen LogP contribution in [0.4, 0.5) is 0 Å². The summed E-state index contributed by atoms with van der Waals surface area (Å²) in [5, 5.41) is 0. The maximum atomic E-state index is 5.54. The minimum Gasteiger partial charge on any atom is -0.496 e. The molecule has 2 heteroatoms. The first kappa shape index (κ1) is 14.4. The minimum atomic E-state index is 0.698. The zero-order valence-corrected chi connectivity index (χ0v) is 12.6. The van der Waals surface area contributed by atoms with Crippen LogP contribution in [0.15, 0.2) is 18.2 Å². The number of methoxy groups -OCH3 is 1. The Hall–Kier alpha value is -1.02. The van der Waals surface area contributed by atoms with Crippen LogP contribution in [0.1, 0.15) is 44.2 Å².